The van der Waals surface area contributed by atoms with Gasteiger partial charge in [-0.1, -0.05) is 77.8 Å². The summed E-state index contributed by atoms with van der Waals surface area (Å²) in [4.78, 5) is 39.7. The van der Waals surface area contributed by atoms with Crippen molar-refractivity contribution in [3.63, 3.8) is 0 Å². The number of para-hydroxylation sites is 1. The summed E-state index contributed by atoms with van der Waals surface area (Å²) in [6.45, 7) is 0.441. The fraction of sp³-hybridized carbons (Fsp3) is 0.0645. The summed E-state index contributed by atoms with van der Waals surface area (Å²) < 4.78 is 11.7. The number of barbiturate groups is 1. The molecule has 1 heterocycles. The normalized spacial score (nSPS) is 14.3. The lowest BCUT2D eigenvalue weighted by molar-refractivity contribution is -0.122. The number of ether oxygens (including phenoxy) is 2. The molecule has 4 aromatic carbocycles. The summed E-state index contributed by atoms with van der Waals surface area (Å²) in [5.41, 5.74) is 2.16. The number of imide groups is 2. The number of nitrogens with zero attached hydrogens (tertiary/aromatic N) is 1. The van der Waals surface area contributed by atoms with E-state index in [0.717, 1.165) is 16.0 Å². The molecule has 7 nitrogen and oxygen atoms in total. The highest BCUT2D eigenvalue weighted by molar-refractivity contribution is 6.39. The van der Waals surface area contributed by atoms with Crippen LogP contribution < -0.4 is 19.7 Å². The molecule has 0 unspecified atom stereocenters. The van der Waals surface area contributed by atoms with Crippen molar-refractivity contribution in [3.05, 3.63) is 129 Å². The van der Waals surface area contributed by atoms with Gasteiger partial charge in [0.1, 0.15) is 30.3 Å². The third kappa shape index (κ3) is 6.01. The van der Waals surface area contributed by atoms with Crippen molar-refractivity contribution < 1.29 is 23.9 Å². The van der Waals surface area contributed by atoms with Gasteiger partial charge in [0.05, 0.1) is 5.69 Å². The Morgan fingerprint density at radius 2 is 1.27 bits per heavy atom. The molecule has 0 atom stereocenters. The zero-order valence-electron chi connectivity index (χ0n) is 21.0. The zero-order chi connectivity index (χ0) is 28.1. The van der Waals surface area contributed by atoms with E-state index in [1.165, 1.54) is 6.08 Å². The molecule has 1 aliphatic rings. The Bertz CT molecular complexity index is 1620. The number of anilines is 1. The molecule has 40 heavy (non-hydrogen) atoms. The van der Waals surface area contributed by atoms with E-state index in [-0.39, 0.29) is 24.5 Å². The first-order valence-corrected chi connectivity index (χ1v) is 13.0. The monoisotopic (exact) mass is 572 g/mol. The molecule has 5 rings (SSSR count). The van der Waals surface area contributed by atoms with E-state index in [9.17, 15) is 14.4 Å². The van der Waals surface area contributed by atoms with Crippen LogP contribution in [0.2, 0.25) is 10.0 Å². The Morgan fingerprint density at radius 3 is 1.93 bits per heavy atom. The van der Waals surface area contributed by atoms with Gasteiger partial charge in [-0.15, -0.1) is 0 Å². The van der Waals surface area contributed by atoms with Gasteiger partial charge in [0, 0.05) is 26.7 Å². The summed E-state index contributed by atoms with van der Waals surface area (Å²) >= 11 is 12.4. The van der Waals surface area contributed by atoms with Crippen molar-refractivity contribution in [3.8, 4) is 11.5 Å². The molecule has 1 N–H and O–H groups in total. The summed E-state index contributed by atoms with van der Waals surface area (Å²) in [5, 5.41) is 3.39. The number of benzene rings is 4. The molecule has 0 aliphatic carbocycles. The second-order valence-corrected chi connectivity index (χ2v) is 9.56. The molecule has 0 spiro atoms. The maximum Gasteiger partial charge on any atom is 0.335 e. The number of carbonyl (C=O) groups is 3. The predicted octanol–water partition coefficient (Wildman–Crippen LogP) is 6.82. The van der Waals surface area contributed by atoms with Crippen molar-refractivity contribution in [1.29, 1.82) is 0 Å². The van der Waals surface area contributed by atoms with Gasteiger partial charge in [0.15, 0.2) is 0 Å². The van der Waals surface area contributed by atoms with Crippen LogP contribution in [0.15, 0.2) is 103 Å². The lowest BCUT2D eigenvalue weighted by atomic mass is 10.1. The minimum atomic E-state index is -0.847. The lowest BCUT2D eigenvalue weighted by Crippen LogP contribution is -2.54. The van der Waals surface area contributed by atoms with E-state index in [2.05, 4.69) is 5.32 Å². The smallest absolute Gasteiger partial charge is 0.335 e. The van der Waals surface area contributed by atoms with Gasteiger partial charge in [-0.05, 0) is 48.5 Å². The molecule has 9 heteroatoms. The Kier molecular flexibility index (Phi) is 8.15. The maximum absolute atomic E-state index is 13.4. The highest BCUT2D eigenvalue weighted by atomic mass is 35.5. The van der Waals surface area contributed by atoms with Crippen LogP contribution in [-0.4, -0.2) is 17.8 Å². The van der Waals surface area contributed by atoms with Gasteiger partial charge in [0.25, 0.3) is 11.8 Å². The van der Waals surface area contributed by atoms with Crippen LogP contribution in [0.1, 0.15) is 16.7 Å². The van der Waals surface area contributed by atoms with Gasteiger partial charge in [-0.3, -0.25) is 14.9 Å². The highest BCUT2D eigenvalue weighted by Gasteiger charge is 2.37. The van der Waals surface area contributed by atoms with Gasteiger partial charge in [0.2, 0.25) is 0 Å². The molecule has 0 radical (unpaired) electrons. The molecule has 1 fully saturated rings. The van der Waals surface area contributed by atoms with Crippen LogP contribution in [-0.2, 0) is 22.8 Å². The lowest BCUT2D eigenvalue weighted by Gasteiger charge is -2.26. The van der Waals surface area contributed by atoms with Crippen LogP contribution in [0.4, 0.5) is 10.5 Å². The minimum absolute atomic E-state index is 0.190. The summed E-state index contributed by atoms with van der Waals surface area (Å²) in [6, 6.07) is 27.1. The van der Waals surface area contributed by atoms with Crippen molar-refractivity contribution in [2.75, 3.05) is 4.90 Å². The van der Waals surface area contributed by atoms with Gasteiger partial charge >= 0.3 is 6.03 Å². The number of urea groups is 1. The fourth-order valence-electron chi connectivity index (χ4n) is 4.02. The summed E-state index contributed by atoms with van der Waals surface area (Å²) in [7, 11) is 0. The first kappa shape index (κ1) is 27.0. The van der Waals surface area contributed by atoms with Crippen molar-refractivity contribution in [1.82, 2.24) is 5.32 Å². The predicted molar refractivity (Wildman–Crippen MR) is 153 cm³/mol. The molecule has 0 aromatic heterocycles. The standard InChI is InChI=1S/C31H22Cl2N2O5/c32-26-10-4-1-8-21(26)18-39-24-15-13-23(14-16-24)35-30(37)25(29(36)34-31(35)38)17-20-7-3-6-12-28(20)40-19-22-9-2-5-11-27(22)33/h1-17H,18-19H2,(H,34,36,38)/b25-17+. The maximum atomic E-state index is 13.4. The molecule has 4 aromatic rings. The van der Waals surface area contributed by atoms with E-state index in [4.69, 9.17) is 32.7 Å². The van der Waals surface area contributed by atoms with Gasteiger partial charge < -0.3 is 9.47 Å². The first-order chi connectivity index (χ1) is 19.4. The Labute approximate surface area is 240 Å². The largest absolute Gasteiger partial charge is 0.489 e. The molecular weight excluding hydrogens is 551 g/mol. The van der Waals surface area contributed by atoms with Crippen molar-refractivity contribution in [2.24, 2.45) is 0 Å². The van der Waals surface area contributed by atoms with Crippen molar-refractivity contribution in [2.45, 2.75) is 13.2 Å². The number of nitrogens with one attached hydrogen (secondary N) is 1. The Balaban J connectivity index is 1.34. The fourth-order valence-corrected chi connectivity index (χ4v) is 4.40. The molecule has 0 bridgehead atoms. The van der Waals surface area contributed by atoms with E-state index in [1.807, 2.05) is 36.4 Å². The molecular formula is C31H22Cl2N2O5. The third-order valence-corrected chi connectivity index (χ3v) is 6.85. The second kappa shape index (κ2) is 12.1. The van der Waals surface area contributed by atoms with E-state index in [0.29, 0.717) is 27.1 Å². The zero-order valence-corrected chi connectivity index (χ0v) is 22.5. The molecule has 1 aliphatic heterocycles. The number of carbonyl (C=O) groups excluding carboxylic acids is 3. The van der Waals surface area contributed by atoms with Gasteiger partial charge in [-0.2, -0.15) is 0 Å². The number of amides is 4. The molecule has 1 saturated heterocycles. The average molecular weight is 573 g/mol. The number of hydrogen-bond donors (Lipinski definition) is 1. The second-order valence-electron chi connectivity index (χ2n) is 8.75. The number of rotatable bonds is 8. The van der Waals surface area contributed by atoms with E-state index in [1.54, 1.807) is 60.7 Å². The van der Waals surface area contributed by atoms with Crippen LogP contribution in [0.25, 0.3) is 6.08 Å². The minimum Gasteiger partial charge on any atom is -0.489 e. The third-order valence-electron chi connectivity index (χ3n) is 6.11. The number of halogens is 2. The number of hydrogen-bond acceptors (Lipinski definition) is 5. The quantitative estimate of drug-likeness (QED) is 0.185. The first-order valence-electron chi connectivity index (χ1n) is 12.2. The van der Waals surface area contributed by atoms with Gasteiger partial charge in [-0.25, -0.2) is 9.69 Å². The Hall–Kier alpha value is -4.59. The van der Waals surface area contributed by atoms with Crippen LogP contribution in [0.3, 0.4) is 0 Å². The average Bonchev–Trinajstić information content (AvgIpc) is 2.95. The van der Waals surface area contributed by atoms with E-state index < -0.39 is 17.8 Å². The summed E-state index contributed by atoms with van der Waals surface area (Å²) in [6.07, 6.45) is 1.40. The molecule has 0 saturated carbocycles. The van der Waals surface area contributed by atoms with Crippen LogP contribution in [0.5, 0.6) is 11.5 Å². The van der Waals surface area contributed by atoms with Crippen LogP contribution in [0, 0.1) is 0 Å². The highest BCUT2D eigenvalue weighted by Crippen LogP contribution is 2.28. The van der Waals surface area contributed by atoms with Crippen molar-refractivity contribution >= 4 is 52.8 Å². The molecule has 200 valence electrons. The topological polar surface area (TPSA) is 84.9 Å². The summed E-state index contributed by atoms with van der Waals surface area (Å²) in [5.74, 6) is -0.602. The Morgan fingerprint density at radius 1 is 0.700 bits per heavy atom. The van der Waals surface area contributed by atoms with Crippen LogP contribution >= 0.6 is 23.2 Å². The SMILES string of the molecule is O=C1NC(=O)N(c2ccc(OCc3ccccc3Cl)cc2)C(=O)/C1=C/c1ccccc1OCc1ccccc1Cl. The van der Waals surface area contributed by atoms with E-state index >= 15 is 0 Å². The molecule has 4 amide bonds.